The molecular weight excluding hydrogens is 380 g/mol. The lowest BCUT2D eigenvalue weighted by atomic mass is 9.99. The molecule has 1 aromatic carbocycles. The summed E-state index contributed by atoms with van der Waals surface area (Å²) in [6, 6.07) is 5.88. The lowest BCUT2D eigenvalue weighted by Crippen LogP contribution is -2.13. The molecule has 144 valence electrons. The number of rotatable bonds is 2. The van der Waals surface area contributed by atoms with Crippen molar-refractivity contribution in [2.45, 2.75) is 6.42 Å². The van der Waals surface area contributed by atoms with Crippen molar-refractivity contribution in [1.82, 2.24) is 9.88 Å². The molecule has 7 nitrogen and oxygen atoms in total. The summed E-state index contributed by atoms with van der Waals surface area (Å²) < 4.78 is 25.9. The van der Waals surface area contributed by atoms with Crippen molar-refractivity contribution < 1.29 is 22.9 Å². The van der Waals surface area contributed by atoms with Crippen LogP contribution >= 0.6 is 0 Å². The van der Waals surface area contributed by atoms with Gasteiger partial charge in [0.15, 0.2) is 0 Å². The molecule has 0 radical (unpaired) electrons. The molecule has 5 rings (SSSR count). The van der Waals surface area contributed by atoms with Crippen molar-refractivity contribution in [2.75, 3.05) is 6.26 Å². The topological polar surface area (TPSA) is 111 Å². The minimum atomic E-state index is -3.67. The molecule has 0 saturated heterocycles. The molecule has 3 heterocycles. The van der Waals surface area contributed by atoms with Crippen LogP contribution in [0.2, 0.25) is 0 Å². The number of carboxylic acid groups (broad SMARTS) is 1. The zero-order chi connectivity index (χ0) is 20.1. The second kappa shape index (κ2) is 6.50. The summed E-state index contributed by atoms with van der Waals surface area (Å²) in [5.41, 5.74) is 6.19. The zero-order valence-corrected chi connectivity index (χ0v) is 15.8. The molecule has 1 unspecified atom stereocenters. The SMILES string of the molecule is CS(=O)(=O)O.O=C(O)c1c[nH]c2cc(C3=CC4=C5CC5C=CN4C=C3)ccc12. The summed E-state index contributed by atoms with van der Waals surface area (Å²) >= 11 is 0. The number of carbonyl (C=O) groups is 1. The average Bonchev–Trinajstić information content (AvgIpc) is 3.30. The first-order chi connectivity index (χ1) is 13.2. The fourth-order valence-corrected chi connectivity index (χ4v) is 3.41. The molecule has 8 heteroatoms. The van der Waals surface area contributed by atoms with E-state index in [1.807, 2.05) is 18.2 Å². The Morgan fingerprint density at radius 2 is 2.04 bits per heavy atom. The van der Waals surface area contributed by atoms with E-state index in [9.17, 15) is 18.3 Å². The van der Waals surface area contributed by atoms with Gasteiger partial charge in [0, 0.05) is 41.1 Å². The predicted molar refractivity (Wildman–Crippen MR) is 106 cm³/mol. The van der Waals surface area contributed by atoms with Gasteiger partial charge in [-0.25, -0.2) is 4.79 Å². The van der Waals surface area contributed by atoms with Gasteiger partial charge in [0.25, 0.3) is 10.1 Å². The van der Waals surface area contributed by atoms with E-state index in [0.29, 0.717) is 17.7 Å². The van der Waals surface area contributed by atoms with E-state index in [0.717, 1.165) is 28.5 Å². The Bertz CT molecular complexity index is 1210. The fourth-order valence-electron chi connectivity index (χ4n) is 3.41. The van der Waals surface area contributed by atoms with E-state index in [-0.39, 0.29) is 0 Å². The Hall–Kier alpha value is -3.10. The predicted octanol–water partition coefficient (Wildman–Crippen LogP) is 3.38. The highest BCUT2D eigenvalue weighted by molar-refractivity contribution is 7.85. The Kier molecular flexibility index (Phi) is 4.24. The average molecular weight is 398 g/mol. The third-order valence-corrected chi connectivity index (χ3v) is 4.77. The Labute approximate surface area is 161 Å². The minimum Gasteiger partial charge on any atom is -0.478 e. The van der Waals surface area contributed by atoms with Gasteiger partial charge in [-0.3, -0.25) is 4.55 Å². The summed E-state index contributed by atoms with van der Waals surface area (Å²) in [5, 5.41) is 9.94. The Morgan fingerprint density at radius 1 is 1.29 bits per heavy atom. The third kappa shape index (κ3) is 3.64. The molecular formula is C20H18N2O5S. The summed E-state index contributed by atoms with van der Waals surface area (Å²) in [4.78, 5) is 16.4. The largest absolute Gasteiger partial charge is 0.478 e. The van der Waals surface area contributed by atoms with Crippen molar-refractivity contribution in [1.29, 1.82) is 0 Å². The highest BCUT2D eigenvalue weighted by atomic mass is 32.2. The summed E-state index contributed by atoms with van der Waals surface area (Å²) in [5.74, 6) is -0.272. The maximum atomic E-state index is 11.2. The van der Waals surface area contributed by atoms with Crippen LogP contribution in [0.3, 0.4) is 0 Å². The number of fused-ring (bicyclic) bond motifs is 3. The molecule has 3 N–H and O–H groups in total. The maximum absolute atomic E-state index is 11.2. The van der Waals surface area contributed by atoms with Gasteiger partial charge in [-0.15, -0.1) is 0 Å². The van der Waals surface area contributed by atoms with E-state index in [1.54, 1.807) is 6.20 Å². The van der Waals surface area contributed by atoms with E-state index in [2.05, 4.69) is 40.5 Å². The third-order valence-electron chi connectivity index (χ3n) is 4.77. The van der Waals surface area contributed by atoms with E-state index in [1.165, 1.54) is 11.3 Å². The maximum Gasteiger partial charge on any atom is 0.337 e. The zero-order valence-electron chi connectivity index (χ0n) is 15.0. The highest BCUT2D eigenvalue weighted by Gasteiger charge is 2.35. The number of hydrogen-bond acceptors (Lipinski definition) is 4. The number of aromatic amines is 1. The van der Waals surface area contributed by atoms with Gasteiger partial charge in [-0.2, -0.15) is 8.42 Å². The second-order valence-corrected chi connectivity index (χ2v) is 8.35. The van der Waals surface area contributed by atoms with Gasteiger partial charge in [0.2, 0.25) is 0 Å². The minimum absolute atomic E-state index is 0.314. The van der Waals surface area contributed by atoms with Gasteiger partial charge in [0.1, 0.15) is 0 Å². The van der Waals surface area contributed by atoms with Gasteiger partial charge >= 0.3 is 5.97 Å². The normalized spacial score (nSPS) is 19.6. The molecule has 2 aliphatic heterocycles. The highest BCUT2D eigenvalue weighted by Crippen LogP contribution is 2.47. The van der Waals surface area contributed by atoms with Crippen molar-refractivity contribution in [3.05, 3.63) is 77.4 Å². The monoisotopic (exact) mass is 398 g/mol. The molecule has 0 spiro atoms. The van der Waals surface area contributed by atoms with Crippen molar-refractivity contribution >= 4 is 32.6 Å². The molecule has 1 atom stereocenters. The van der Waals surface area contributed by atoms with Crippen molar-refractivity contribution in [2.24, 2.45) is 5.92 Å². The molecule has 3 aliphatic rings. The van der Waals surface area contributed by atoms with Crippen LogP contribution in [-0.4, -0.2) is 40.2 Å². The molecule has 0 bridgehead atoms. The van der Waals surface area contributed by atoms with E-state index in [4.69, 9.17) is 4.55 Å². The number of benzene rings is 1. The second-order valence-electron chi connectivity index (χ2n) is 6.89. The van der Waals surface area contributed by atoms with E-state index < -0.39 is 16.1 Å². The van der Waals surface area contributed by atoms with Crippen LogP contribution in [0.1, 0.15) is 22.3 Å². The standard InChI is InChI=1S/C19H14N2O2.CH4O3S/c22-19(23)16-10-20-17-8-11(1-2-14(16)17)12-3-5-21-6-4-13-7-15(13)18(21)9-12;1-5(2,3)4/h1-6,8-10,13,20H,7H2,(H,22,23);1H3,(H,2,3,4). The molecule has 1 fully saturated rings. The quantitative estimate of drug-likeness (QED) is 0.669. The van der Waals surface area contributed by atoms with Crippen LogP contribution in [0, 0.1) is 5.92 Å². The van der Waals surface area contributed by atoms with Crippen LogP contribution < -0.4 is 0 Å². The van der Waals surface area contributed by atoms with Crippen LogP contribution in [0.25, 0.3) is 16.5 Å². The summed E-state index contributed by atoms with van der Waals surface area (Å²) in [6.45, 7) is 0. The van der Waals surface area contributed by atoms with Gasteiger partial charge < -0.3 is 15.0 Å². The molecule has 28 heavy (non-hydrogen) atoms. The molecule has 1 aromatic heterocycles. The first kappa shape index (κ1) is 18.3. The number of nitrogens with zero attached hydrogens (tertiary/aromatic N) is 1. The number of allylic oxidation sites excluding steroid dienone is 5. The lowest BCUT2D eigenvalue weighted by Gasteiger charge is -2.24. The van der Waals surface area contributed by atoms with Crippen LogP contribution in [-0.2, 0) is 10.1 Å². The number of hydrogen-bond donors (Lipinski definition) is 3. The lowest BCUT2D eigenvalue weighted by molar-refractivity contribution is 0.0699. The fraction of sp³-hybridized carbons (Fsp3) is 0.150. The van der Waals surface area contributed by atoms with Crippen LogP contribution in [0.15, 0.2) is 66.3 Å². The number of carboxylic acids is 1. The first-order valence-electron chi connectivity index (χ1n) is 8.57. The molecule has 2 aromatic rings. The molecule has 1 aliphatic carbocycles. The number of aromatic carboxylic acids is 1. The first-order valence-corrected chi connectivity index (χ1v) is 10.4. The summed E-state index contributed by atoms with van der Waals surface area (Å²) in [6.07, 6.45) is 14.2. The van der Waals surface area contributed by atoms with E-state index >= 15 is 0 Å². The van der Waals surface area contributed by atoms with Crippen LogP contribution in [0.4, 0.5) is 0 Å². The van der Waals surface area contributed by atoms with Gasteiger partial charge in [-0.1, -0.05) is 18.2 Å². The molecule has 0 amide bonds. The Balaban J connectivity index is 0.000000346. The molecule has 1 saturated carbocycles. The number of H-pyrrole nitrogens is 1. The van der Waals surface area contributed by atoms with Crippen LogP contribution in [0.5, 0.6) is 0 Å². The van der Waals surface area contributed by atoms with Gasteiger partial charge in [0.05, 0.1) is 11.8 Å². The smallest absolute Gasteiger partial charge is 0.337 e. The van der Waals surface area contributed by atoms with Gasteiger partial charge in [-0.05, 0) is 41.3 Å². The Morgan fingerprint density at radius 3 is 2.75 bits per heavy atom. The van der Waals surface area contributed by atoms with Crippen molar-refractivity contribution in [3.63, 3.8) is 0 Å². The van der Waals surface area contributed by atoms with Crippen molar-refractivity contribution in [3.8, 4) is 0 Å². The summed E-state index contributed by atoms with van der Waals surface area (Å²) in [7, 11) is -3.67. The number of nitrogens with one attached hydrogen (secondary N) is 1. The number of aromatic nitrogens is 1.